The highest BCUT2D eigenvalue weighted by molar-refractivity contribution is 4.64. The Labute approximate surface area is 108 Å². The molecule has 0 aromatic rings. The third-order valence-corrected chi connectivity index (χ3v) is 2.99. The molecule has 17 heavy (non-hydrogen) atoms. The van der Waals surface area contributed by atoms with Crippen molar-refractivity contribution in [2.75, 3.05) is 61.4 Å². The molecule has 0 aromatic carbocycles. The van der Waals surface area contributed by atoms with Crippen molar-refractivity contribution in [1.29, 1.82) is 0 Å². The van der Waals surface area contributed by atoms with Crippen molar-refractivity contribution in [3.05, 3.63) is 0 Å². The summed E-state index contributed by atoms with van der Waals surface area (Å²) in [6.45, 7) is 4.52. The highest BCUT2D eigenvalue weighted by atomic mass is 15.1. The zero-order chi connectivity index (χ0) is 13.3. The Morgan fingerprint density at radius 2 is 1.35 bits per heavy atom. The molecule has 0 aliphatic heterocycles. The number of likely N-dealkylation sites (N-methyl/N-ethyl adjacent to an activating group) is 2. The Bertz CT molecular complexity index is 153. The van der Waals surface area contributed by atoms with E-state index >= 15 is 0 Å². The molecule has 0 amide bonds. The second kappa shape index (κ2) is 9.83. The zero-order valence-corrected chi connectivity index (χ0v) is 12.4. The van der Waals surface area contributed by atoms with E-state index in [1.54, 1.807) is 0 Å². The van der Waals surface area contributed by atoms with Gasteiger partial charge in [-0.1, -0.05) is 0 Å². The highest BCUT2D eigenvalue weighted by Crippen LogP contribution is 2.01. The standard InChI is InChI=1S/C13H32N4/c1-15(2)10-8-13(14)7-6-9-17(5)12-11-16(3)4/h13H,6-12,14H2,1-5H3. The summed E-state index contributed by atoms with van der Waals surface area (Å²) in [6.07, 6.45) is 3.45. The summed E-state index contributed by atoms with van der Waals surface area (Å²) in [5, 5.41) is 0. The van der Waals surface area contributed by atoms with E-state index in [0.717, 1.165) is 39.0 Å². The molecule has 0 heterocycles. The lowest BCUT2D eigenvalue weighted by Gasteiger charge is -2.20. The van der Waals surface area contributed by atoms with Gasteiger partial charge in [0.15, 0.2) is 0 Å². The van der Waals surface area contributed by atoms with Crippen LogP contribution in [0.1, 0.15) is 19.3 Å². The van der Waals surface area contributed by atoms with E-state index in [-0.39, 0.29) is 0 Å². The fraction of sp³-hybridized carbons (Fsp3) is 1.00. The van der Waals surface area contributed by atoms with Crippen molar-refractivity contribution in [2.45, 2.75) is 25.3 Å². The monoisotopic (exact) mass is 244 g/mol. The van der Waals surface area contributed by atoms with E-state index in [4.69, 9.17) is 5.73 Å². The fourth-order valence-electron chi connectivity index (χ4n) is 1.67. The van der Waals surface area contributed by atoms with Crippen molar-refractivity contribution in [3.8, 4) is 0 Å². The minimum Gasteiger partial charge on any atom is -0.328 e. The van der Waals surface area contributed by atoms with Gasteiger partial charge >= 0.3 is 0 Å². The first-order valence-corrected chi connectivity index (χ1v) is 6.65. The number of nitrogens with two attached hydrogens (primary N) is 1. The third-order valence-electron chi connectivity index (χ3n) is 2.99. The van der Waals surface area contributed by atoms with Gasteiger partial charge in [0, 0.05) is 19.1 Å². The number of nitrogens with zero attached hydrogens (tertiary/aromatic N) is 3. The van der Waals surface area contributed by atoms with Gasteiger partial charge in [-0.3, -0.25) is 0 Å². The third kappa shape index (κ3) is 12.1. The minimum absolute atomic E-state index is 0.361. The first-order valence-electron chi connectivity index (χ1n) is 6.65. The lowest BCUT2D eigenvalue weighted by molar-refractivity contribution is 0.273. The summed E-state index contributed by atoms with van der Waals surface area (Å²) in [5.41, 5.74) is 6.08. The quantitative estimate of drug-likeness (QED) is 0.608. The molecule has 0 aromatic heterocycles. The van der Waals surface area contributed by atoms with Crippen molar-refractivity contribution in [1.82, 2.24) is 14.7 Å². The average Bonchev–Trinajstić information content (AvgIpc) is 2.23. The number of hydrogen-bond donors (Lipinski definition) is 1. The predicted octanol–water partition coefficient (Wildman–Crippen LogP) is 0.539. The molecule has 0 saturated carbocycles. The summed E-state index contributed by atoms with van der Waals surface area (Å²) < 4.78 is 0. The SMILES string of the molecule is CN(C)CCC(N)CCCN(C)CCN(C)C. The van der Waals surface area contributed by atoms with E-state index in [9.17, 15) is 0 Å². The minimum atomic E-state index is 0.361. The van der Waals surface area contributed by atoms with Gasteiger partial charge in [-0.2, -0.15) is 0 Å². The summed E-state index contributed by atoms with van der Waals surface area (Å²) in [5.74, 6) is 0. The average molecular weight is 244 g/mol. The van der Waals surface area contributed by atoms with Crippen LogP contribution in [0.15, 0.2) is 0 Å². The van der Waals surface area contributed by atoms with Crippen LogP contribution >= 0.6 is 0 Å². The molecular weight excluding hydrogens is 212 g/mol. The topological polar surface area (TPSA) is 35.7 Å². The fourth-order valence-corrected chi connectivity index (χ4v) is 1.67. The Kier molecular flexibility index (Phi) is 9.74. The Morgan fingerprint density at radius 1 is 0.765 bits per heavy atom. The summed E-state index contributed by atoms with van der Waals surface area (Å²) >= 11 is 0. The van der Waals surface area contributed by atoms with Crippen LogP contribution in [0.3, 0.4) is 0 Å². The van der Waals surface area contributed by atoms with Gasteiger partial charge in [-0.05, 0) is 67.6 Å². The molecule has 0 fully saturated rings. The zero-order valence-electron chi connectivity index (χ0n) is 12.4. The van der Waals surface area contributed by atoms with Gasteiger partial charge in [0.2, 0.25) is 0 Å². The molecule has 1 atom stereocenters. The summed E-state index contributed by atoms with van der Waals surface area (Å²) in [7, 11) is 10.6. The molecule has 0 spiro atoms. The van der Waals surface area contributed by atoms with Crippen LogP contribution in [-0.4, -0.2) is 82.2 Å². The van der Waals surface area contributed by atoms with Crippen molar-refractivity contribution in [2.24, 2.45) is 5.73 Å². The van der Waals surface area contributed by atoms with Gasteiger partial charge in [-0.25, -0.2) is 0 Å². The van der Waals surface area contributed by atoms with Crippen LogP contribution in [0.2, 0.25) is 0 Å². The molecule has 104 valence electrons. The van der Waals surface area contributed by atoms with Crippen molar-refractivity contribution < 1.29 is 0 Å². The summed E-state index contributed by atoms with van der Waals surface area (Å²) in [4.78, 5) is 6.81. The lowest BCUT2D eigenvalue weighted by atomic mass is 10.1. The van der Waals surface area contributed by atoms with E-state index in [1.807, 2.05) is 0 Å². The second-order valence-electron chi connectivity index (χ2n) is 5.60. The normalized spacial score (nSPS) is 13.9. The highest BCUT2D eigenvalue weighted by Gasteiger charge is 2.04. The maximum atomic E-state index is 6.08. The Balaban J connectivity index is 3.42. The molecule has 1 unspecified atom stereocenters. The van der Waals surface area contributed by atoms with Gasteiger partial charge in [-0.15, -0.1) is 0 Å². The number of rotatable bonds is 10. The van der Waals surface area contributed by atoms with E-state index < -0.39 is 0 Å². The molecule has 0 bridgehead atoms. The van der Waals surface area contributed by atoms with Crippen LogP contribution in [0.25, 0.3) is 0 Å². The van der Waals surface area contributed by atoms with Crippen molar-refractivity contribution >= 4 is 0 Å². The first kappa shape index (κ1) is 16.8. The maximum absolute atomic E-state index is 6.08. The second-order valence-corrected chi connectivity index (χ2v) is 5.60. The lowest BCUT2D eigenvalue weighted by Crippen LogP contribution is -2.31. The number of hydrogen-bond acceptors (Lipinski definition) is 4. The molecule has 0 aliphatic rings. The van der Waals surface area contributed by atoms with Crippen LogP contribution in [-0.2, 0) is 0 Å². The van der Waals surface area contributed by atoms with Crippen LogP contribution in [0.4, 0.5) is 0 Å². The van der Waals surface area contributed by atoms with E-state index in [0.29, 0.717) is 6.04 Å². The molecule has 2 N–H and O–H groups in total. The molecule has 0 rings (SSSR count). The van der Waals surface area contributed by atoms with E-state index in [1.165, 1.54) is 6.42 Å². The molecule has 0 aliphatic carbocycles. The van der Waals surface area contributed by atoms with E-state index in [2.05, 4.69) is 49.9 Å². The molecule has 4 nitrogen and oxygen atoms in total. The molecular formula is C13H32N4. The predicted molar refractivity (Wildman–Crippen MR) is 76.4 cm³/mol. The van der Waals surface area contributed by atoms with Gasteiger partial charge in [0.25, 0.3) is 0 Å². The van der Waals surface area contributed by atoms with Crippen molar-refractivity contribution in [3.63, 3.8) is 0 Å². The Morgan fingerprint density at radius 3 is 1.88 bits per heavy atom. The van der Waals surface area contributed by atoms with Gasteiger partial charge < -0.3 is 20.4 Å². The molecule has 0 saturated heterocycles. The first-order chi connectivity index (χ1) is 7.91. The molecule has 0 radical (unpaired) electrons. The molecule has 4 heteroatoms. The van der Waals surface area contributed by atoms with Crippen LogP contribution in [0.5, 0.6) is 0 Å². The van der Waals surface area contributed by atoms with Crippen LogP contribution < -0.4 is 5.73 Å². The largest absolute Gasteiger partial charge is 0.328 e. The van der Waals surface area contributed by atoms with Gasteiger partial charge in [0.05, 0.1) is 0 Å². The Hall–Kier alpha value is -0.160. The smallest absolute Gasteiger partial charge is 0.0106 e. The summed E-state index contributed by atoms with van der Waals surface area (Å²) in [6, 6.07) is 0.361. The maximum Gasteiger partial charge on any atom is 0.0106 e. The van der Waals surface area contributed by atoms with Gasteiger partial charge in [0.1, 0.15) is 0 Å². The van der Waals surface area contributed by atoms with Crippen LogP contribution in [0, 0.1) is 0 Å².